The standard InChI is InChI=1S/C19H18N2O4S2/c1-23-15-7-6-12(9-16(15)24-2)17-21-13(11-27-17)10-25-19(22)14-5-4-8-20-18(14)26-3/h4-9,11H,10H2,1-3H3. The van der Waals surface area contributed by atoms with Crippen LogP contribution in [0.1, 0.15) is 16.1 Å². The summed E-state index contributed by atoms with van der Waals surface area (Å²) in [6.07, 6.45) is 3.52. The Bertz CT molecular complexity index is 943. The third kappa shape index (κ3) is 4.40. The molecule has 3 aromatic rings. The first-order chi connectivity index (χ1) is 13.2. The number of methoxy groups -OCH3 is 2. The zero-order valence-corrected chi connectivity index (χ0v) is 16.7. The van der Waals surface area contributed by atoms with Gasteiger partial charge in [-0.15, -0.1) is 23.1 Å². The van der Waals surface area contributed by atoms with Crippen molar-refractivity contribution < 1.29 is 19.0 Å². The van der Waals surface area contributed by atoms with Gasteiger partial charge in [-0.05, 0) is 36.6 Å². The van der Waals surface area contributed by atoms with E-state index in [9.17, 15) is 4.79 Å². The van der Waals surface area contributed by atoms with E-state index in [1.165, 1.54) is 23.1 Å². The quantitative estimate of drug-likeness (QED) is 0.431. The number of rotatable bonds is 7. The average molecular weight is 402 g/mol. The van der Waals surface area contributed by atoms with Crippen LogP contribution >= 0.6 is 23.1 Å². The van der Waals surface area contributed by atoms with E-state index >= 15 is 0 Å². The minimum absolute atomic E-state index is 0.103. The number of carbonyl (C=O) groups is 1. The van der Waals surface area contributed by atoms with E-state index < -0.39 is 5.97 Å². The number of thiazole rings is 1. The molecule has 0 radical (unpaired) electrons. The van der Waals surface area contributed by atoms with E-state index in [-0.39, 0.29) is 6.61 Å². The van der Waals surface area contributed by atoms with Crippen LogP contribution < -0.4 is 9.47 Å². The molecular formula is C19H18N2O4S2. The normalized spacial score (nSPS) is 10.5. The highest BCUT2D eigenvalue weighted by atomic mass is 32.2. The van der Waals surface area contributed by atoms with Crippen molar-refractivity contribution in [1.82, 2.24) is 9.97 Å². The molecule has 2 aromatic heterocycles. The predicted octanol–water partition coefficient (Wildman–Crippen LogP) is 4.30. The summed E-state index contributed by atoms with van der Waals surface area (Å²) in [6.45, 7) is 0.103. The molecule has 0 fully saturated rings. The van der Waals surface area contributed by atoms with Crippen LogP contribution in [0.5, 0.6) is 11.5 Å². The average Bonchev–Trinajstić information content (AvgIpc) is 3.20. The van der Waals surface area contributed by atoms with Gasteiger partial charge in [-0.2, -0.15) is 0 Å². The molecule has 8 heteroatoms. The van der Waals surface area contributed by atoms with E-state index in [0.717, 1.165) is 10.6 Å². The highest BCUT2D eigenvalue weighted by molar-refractivity contribution is 7.98. The van der Waals surface area contributed by atoms with Gasteiger partial charge >= 0.3 is 5.97 Å². The first-order valence-electron chi connectivity index (χ1n) is 7.99. The summed E-state index contributed by atoms with van der Waals surface area (Å²) < 4.78 is 16.0. The molecule has 0 spiro atoms. The molecule has 0 aliphatic rings. The van der Waals surface area contributed by atoms with Crippen LogP contribution in [0, 0.1) is 0 Å². The third-order valence-corrected chi connectivity index (χ3v) is 5.37. The maximum absolute atomic E-state index is 12.3. The molecule has 140 valence electrons. The molecule has 0 amide bonds. The maximum atomic E-state index is 12.3. The smallest absolute Gasteiger partial charge is 0.341 e. The van der Waals surface area contributed by atoms with Gasteiger partial charge < -0.3 is 14.2 Å². The molecule has 1 aromatic carbocycles. The van der Waals surface area contributed by atoms with Crippen molar-refractivity contribution in [3.05, 3.63) is 53.2 Å². The van der Waals surface area contributed by atoms with E-state index in [1.807, 2.05) is 29.8 Å². The monoisotopic (exact) mass is 402 g/mol. The Balaban J connectivity index is 1.70. The van der Waals surface area contributed by atoms with Crippen molar-refractivity contribution in [2.45, 2.75) is 11.6 Å². The lowest BCUT2D eigenvalue weighted by molar-refractivity contribution is 0.0463. The summed E-state index contributed by atoms with van der Waals surface area (Å²) in [7, 11) is 3.19. The number of hydrogen-bond donors (Lipinski definition) is 0. The van der Waals surface area contributed by atoms with E-state index in [0.29, 0.717) is 27.8 Å². The molecule has 0 aliphatic heterocycles. The van der Waals surface area contributed by atoms with E-state index in [2.05, 4.69) is 9.97 Å². The van der Waals surface area contributed by atoms with Gasteiger partial charge in [-0.25, -0.2) is 14.8 Å². The second-order valence-corrected chi connectivity index (χ2v) is 7.00. The van der Waals surface area contributed by atoms with Crippen molar-refractivity contribution in [3.63, 3.8) is 0 Å². The SMILES string of the molecule is COc1ccc(-c2nc(COC(=O)c3cccnc3SC)cs2)cc1OC. The van der Waals surface area contributed by atoms with Crippen LogP contribution in [-0.4, -0.2) is 36.4 Å². The third-order valence-electron chi connectivity index (χ3n) is 3.72. The molecule has 27 heavy (non-hydrogen) atoms. The van der Waals surface area contributed by atoms with Crippen molar-refractivity contribution in [2.75, 3.05) is 20.5 Å². The van der Waals surface area contributed by atoms with Gasteiger partial charge in [0.05, 0.1) is 25.5 Å². The van der Waals surface area contributed by atoms with Crippen LogP contribution in [0.25, 0.3) is 10.6 Å². The summed E-state index contributed by atoms with van der Waals surface area (Å²) in [5.74, 6) is 0.889. The Morgan fingerprint density at radius 1 is 1.19 bits per heavy atom. The zero-order chi connectivity index (χ0) is 19.2. The lowest BCUT2D eigenvalue weighted by atomic mass is 10.2. The Morgan fingerprint density at radius 3 is 2.74 bits per heavy atom. The van der Waals surface area contributed by atoms with Gasteiger partial charge in [0.25, 0.3) is 0 Å². The lowest BCUT2D eigenvalue weighted by Gasteiger charge is -2.08. The molecule has 2 heterocycles. The first kappa shape index (κ1) is 19.2. The van der Waals surface area contributed by atoms with E-state index in [1.54, 1.807) is 32.5 Å². The van der Waals surface area contributed by atoms with Gasteiger partial charge in [0.15, 0.2) is 11.5 Å². The Hall–Kier alpha value is -2.58. The number of thioether (sulfide) groups is 1. The van der Waals surface area contributed by atoms with Crippen LogP contribution in [0.2, 0.25) is 0 Å². The fourth-order valence-corrected chi connectivity index (χ4v) is 3.74. The highest BCUT2D eigenvalue weighted by Gasteiger charge is 2.15. The number of aromatic nitrogens is 2. The number of benzene rings is 1. The Labute approximate surface area is 165 Å². The van der Waals surface area contributed by atoms with Gasteiger partial charge in [0.2, 0.25) is 0 Å². The molecule has 0 unspecified atom stereocenters. The molecule has 0 saturated carbocycles. The lowest BCUT2D eigenvalue weighted by Crippen LogP contribution is -2.07. The number of ether oxygens (including phenoxy) is 3. The molecule has 0 atom stereocenters. The van der Waals surface area contributed by atoms with Gasteiger partial charge in [0, 0.05) is 17.1 Å². The topological polar surface area (TPSA) is 70.5 Å². The number of esters is 1. The van der Waals surface area contributed by atoms with Crippen LogP contribution in [0.15, 0.2) is 46.9 Å². The van der Waals surface area contributed by atoms with Gasteiger partial charge in [0.1, 0.15) is 16.6 Å². The van der Waals surface area contributed by atoms with Crippen molar-refractivity contribution in [2.24, 2.45) is 0 Å². The summed E-state index contributed by atoms with van der Waals surface area (Å²) in [5.41, 5.74) is 2.06. The summed E-state index contributed by atoms with van der Waals surface area (Å²) >= 11 is 2.88. The summed E-state index contributed by atoms with van der Waals surface area (Å²) in [5, 5.41) is 3.33. The van der Waals surface area contributed by atoms with Crippen molar-refractivity contribution in [1.29, 1.82) is 0 Å². The molecular weight excluding hydrogens is 384 g/mol. The second kappa shape index (κ2) is 8.88. The van der Waals surface area contributed by atoms with Crippen molar-refractivity contribution in [3.8, 4) is 22.1 Å². The molecule has 6 nitrogen and oxygen atoms in total. The van der Waals surface area contributed by atoms with Crippen LogP contribution in [0.3, 0.4) is 0 Å². The molecule has 0 bridgehead atoms. The van der Waals surface area contributed by atoms with Crippen LogP contribution in [-0.2, 0) is 11.3 Å². The van der Waals surface area contributed by atoms with Gasteiger partial charge in [-0.1, -0.05) is 0 Å². The number of carbonyl (C=O) groups excluding carboxylic acids is 1. The maximum Gasteiger partial charge on any atom is 0.341 e. The zero-order valence-electron chi connectivity index (χ0n) is 15.1. The molecule has 0 aliphatic carbocycles. The fourth-order valence-electron chi connectivity index (χ4n) is 2.40. The molecule has 3 rings (SSSR count). The minimum atomic E-state index is -0.409. The van der Waals surface area contributed by atoms with Gasteiger partial charge in [-0.3, -0.25) is 0 Å². The first-order valence-corrected chi connectivity index (χ1v) is 10.1. The van der Waals surface area contributed by atoms with E-state index in [4.69, 9.17) is 14.2 Å². The Kier molecular flexibility index (Phi) is 6.31. The Morgan fingerprint density at radius 2 is 2.00 bits per heavy atom. The number of pyridine rings is 1. The fraction of sp³-hybridized carbons (Fsp3) is 0.211. The second-order valence-electron chi connectivity index (χ2n) is 5.35. The molecule has 0 saturated heterocycles. The van der Waals surface area contributed by atoms with Crippen molar-refractivity contribution >= 4 is 29.1 Å². The van der Waals surface area contributed by atoms with Crippen LogP contribution in [0.4, 0.5) is 0 Å². The highest BCUT2D eigenvalue weighted by Crippen LogP contribution is 2.33. The minimum Gasteiger partial charge on any atom is -0.493 e. The summed E-state index contributed by atoms with van der Waals surface area (Å²) in [6, 6.07) is 9.04. The number of nitrogens with zero attached hydrogens (tertiary/aromatic N) is 2. The number of hydrogen-bond acceptors (Lipinski definition) is 8. The predicted molar refractivity (Wildman–Crippen MR) is 106 cm³/mol. The summed E-state index contributed by atoms with van der Waals surface area (Å²) in [4.78, 5) is 21.0. The molecule has 0 N–H and O–H groups in total. The largest absolute Gasteiger partial charge is 0.493 e.